The molecular formula is C26H24F5NO3. The van der Waals surface area contributed by atoms with Crippen molar-refractivity contribution in [3.05, 3.63) is 77.9 Å². The van der Waals surface area contributed by atoms with Crippen LogP contribution >= 0.6 is 0 Å². The van der Waals surface area contributed by atoms with E-state index in [1.165, 1.54) is 23.1 Å². The number of rotatable bonds is 7. The molecule has 1 N–H and O–H groups in total. The van der Waals surface area contributed by atoms with Gasteiger partial charge in [-0.05, 0) is 65.4 Å². The first-order chi connectivity index (χ1) is 16.7. The molecule has 0 bridgehead atoms. The van der Waals surface area contributed by atoms with Crippen LogP contribution in [0.2, 0.25) is 0 Å². The van der Waals surface area contributed by atoms with Crippen molar-refractivity contribution in [1.29, 1.82) is 0 Å². The van der Waals surface area contributed by atoms with Gasteiger partial charge in [-0.3, -0.25) is 0 Å². The fourth-order valence-electron chi connectivity index (χ4n) is 4.53. The number of hydrogen-bond acceptors (Lipinski definition) is 4. The Morgan fingerprint density at radius 1 is 1.00 bits per heavy atom. The van der Waals surface area contributed by atoms with E-state index in [1.54, 1.807) is 31.4 Å². The van der Waals surface area contributed by atoms with Gasteiger partial charge in [0, 0.05) is 5.69 Å². The fraction of sp³-hybridized carbons (Fsp3) is 0.308. The van der Waals surface area contributed by atoms with Crippen LogP contribution in [0.5, 0.6) is 11.5 Å². The maximum absolute atomic E-state index is 13.4. The number of aliphatic hydroxyl groups is 1. The molecule has 2 unspecified atom stereocenters. The molecule has 0 spiro atoms. The SMILES string of the molecule is COc1cccc(-c2cccc3c2CCC(c2cccc(OC(F)F)c2)N3CC(O)C(F)(F)F)c1. The average molecular weight is 493 g/mol. The van der Waals surface area contributed by atoms with E-state index < -0.39 is 31.5 Å². The topological polar surface area (TPSA) is 41.9 Å². The number of hydrogen-bond donors (Lipinski definition) is 1. The summed E-state index contributed by atoms with van der Waals surface area (Å²) < 4.78 is 75.3. The van der Waals surface area contributed by atoms with E-state index in [0.717, 1.165) is 16.7 Å². The zero-order valence-corrected chi connectivity index (χ0v) is 18.8. The maximum Gasteiger partial charge on any atom is 0.416 e. The zero-order valence-electron chi connectivity index (χ0n) is 18.8. The minimum absolute atomic E-state index is 0.0789. The van der Waals surface area contributed by atoms with Gasteiger partial charge in [0.25, 0.3) is 0 Å². The molecule has 186 valence electrons. The van der Waals surface area contributed by atoms with Crippen molar-refractivity contribution < 1.29 is 36.5 Å². The lowest BCUT2D eigenvalue weighted by atomic mass is 9.86. The minimum atomic E-state index is -4.81. The molecule has 1 aliphatic rings. The lowest BCUT2D eigenvalue weighted by molar-refractivity contribution is -0.200. The molecule has 4 rings (SSSR count). The van der Waals surface area contributed by atoms with Gasteiger partial charge >= 0.3 is 12.8 Å². The summed E-state index contributed by atoms with van der Waals surface area (Å²) in [6.07, 6.45) is -6.45. The van der Waals surface area contributed by atoms with Crippen LogP contribution in [0.4, 0.5) is 27.6 Å². The molecule has 1 heterocycles. The summed E-state index contributed by atoms with van der Waals surface area (Å²) in [5, 5.41) is 9.95. The predicted molar refractivity (Wildman–Crippen MR) is 122 cm³/mol. The summed E-state index contributed by atoms with van der Waals surface area (Å²) in [5.41, 5.74) is 3.61. The van der Waals surface area contributed by atoms with Gasteiger partial charge in [0.1, 0.15) is 11.5 Å². The highest BCUT2D eigenvalue weighted by molar-refractivity contribution is 5.76. The second kappa shape index (κ2) is 10.1. The van der Waals surface area contributed by atoms with E-state index in [4.69, 9.17) is 4.74 Å². The maximum atomic E-state index is 13.4. The van der Waals surface area contributed by atoms with Gasteiger partial charge in [-0.2, -0.15) is 22.0 Å². The summed E-state index contributed by atoms with van der Waals surface area (Å²) in [7, 11) is 1.55. The number of aliphatic hydroxyl groups excluding tert-OH is 1. The quantitative estimate of drug-likeness (QED) is 0.388. The average Bonchev–Trinajstić information content (AvgIpc) is 2.83. The Hall–Kier alpha value is -3.33. The molecule has 0 amide bonds. The highest BCUT2D eigenvalue weighted by atomic mass is 19.4. The van der Waals surface area contributed by atoms with E-state index in [9.17, 15) is 27.1 Å². The monoisotopic (exact) mass is 493 g/mol. The van der Waals surface area contributed by atoms with E-state index in [0.29, 0.717) is 29.8 Å². The van der Waals surface area contributed by atoms with Crippen LogP contribution in [0, 0.1) is 0 Å². The van der Waals surface area contributed by atoms with Crippen molar-refractivity contribution in [2.45, 2.75) is 37.8 Å². The molecule has 0 fully saturated rings. The Morgan fingerprint density at radius 2 is 1.71 bits per heavy atom. The molecule has 0 aliphatic carbocycles. The zero-order chi connectivity index (χ0) is 25.2. The molecule has 4 nitrogen and oxygen atoms in total. The van der Waals surface area contributed by atoms with Crippen molar-refractivity contribution in [2.24, 2.45) is 0 Å². The number of β-amino-alcohol motifs (C(OH)–C–C–N with tert-alkyl or cyclic N) is 1. The third-order valence-electron chi connectivity index (χ3n) is 6.10. The Labute approximate surface area is 199 Å². The lowest BCUT2D eigenvalue weighted by Gasteiger charge is -2.41. The first-order valence-electron chi connectivity index (χ1n) is 11.0. The Balaban J connectivity index is 1.78. The molecule has 0 radical (unpaired) electrons. The van der Waals surface area contributed by atoms with Crippen molar-refractivity contribution in [3.8, 4) is 22.6 Å². The van der Waals surface area contributed by atoms with Crippen LogP contribution in [0.1, 0.15) is 23.6 Å². The number of ether oxygens (including phenoxy) is 2. The number of nitrogens with zero attached hydrogens (tertiary/aromatic N) is 1. The summed E-state index contributed by atoms with van der Waals surface area (Å²) in [6, 6.07) is 18.1. The molecule has 35 heavy (non-hydrogen) atoms. The van der Waals surface area contributed by atoms with Gasteiger partial charge in [0.15, 0.2) is 6.10 Å². The van der Waals surface area contributed by atoms with Crippen molar-refractivity contribution >= 4 is 5.69 Å². The van der Waals surface area contributed by atoms with Gasteiger partial charge in [-0.1, -0.05) is 36.4 Å². The highest BCUT2D eigenvalue weighted by Crippen LogP contribution is 2.44. The molecular weight excluding hydrogens is 469 g/mol. The van der Waals surface area contributed by atoms with Crippen LogP contribution in [-0.4, -0.2) is 37.7 Å². The minimum Gasteiger partial charge on any atom is -0.497 e. The summed E-state index contributed by atoms with van der Waals surface area (Å²) in [6.45, 7) is -3.73. The van der Waals surface area contributed by atoms with E-state index in [2.05, 4.69) is 4.74 Å². The van der Waals surface area contributed by atoms with Crippen LogP contribution in [0.15, 0.2) is 66.7 Å². The Kier molecular flexibility index (Phi) is 7.16. The summed E-state index contributed by atoms with van der Waals surface area (Å²) >= 11 is 0. The first kappa shape index (κ1) is 24.8. The van der Waals surface area contributed by atoms with Crippen LogP contribution in [0.3, 0.4) is 0 Å². The number of benzene rings is 3. The number of methoxy groups -OCH3 is 1. The molecule has 0 saturated carbocycles. The largest absolute Gasteiger partial charge is 0.497 e. The van der Waals surface area contributed by atoms with Gasteiger partial charge in [0.05, 0.1) is 19.7 Å². The van der Waals surface area contributed by atoms with Gasteiger partial charge in [0.2, 0.25) is 0 Å². The van der Waals surface area contributed by atoms with Crippen LogP contribution in [-0.2, 0) is 6.42 Å². The lowest BCUT2D eigenvalue weighted by Crippen LogP contribution is -2.44. The third-order valence-corrected chi connectivity index (χ3v) is 6.10. The van der Waals surface area contributed by atoms with Crippen molar-refractivity contribution in [3.63, 3.8) is 0 Å². The van der Waals surface area contributed by atoms with Crippen molar-refractivity contribution in [2.75, 3.05) is 18.6 Å². The van der Waals surface area contributed by atoms with Gasteiger partial charge in [-0.15, -0.1) is 0 Å². The van der Waals surface area contributed by atoms with Crippen LogP contribution < -0.4 is 14.4 Å². The van der Waals surface area contributed by atoms with Gasteiger partial charge in [-0.25, -0.2) is 0 Å². The van der Waals surface area contributed by atoms with Gasteiger partial charge < -0.3 is 19.5 Å². The number of anilines is 1. The number of fused-ring (bicyclic) bond motifs is 1. The smallest absolute Gasteiger partial charge is 0.416 e. The normalized spacial score (nSPS) is 16.7. The third kappa shape index (κ3) is 5.51. The standard InChI is InChI=1S/C26H24F5NO3/c1-34-18-7-2-5-16(13-18)20-9-4-10-23-21(20)11-12-22(32(23)15-24(33)26(29,30)31)17-6-3-8-19(14-17)35-25(27)28/h2-10,13-14,22,24-25,33H,11-12,15H2,1H3. The first-order valence-corrected chi connectivity index (χ1v) is 11.0. The van der Waals surface area contributed by atoms with E-state index in [1.807, 2.05) is 24.3 Å². The summed E-state index contributed by atoms with van der Waals surface area (Å²) in [4.78, 5) is 1.50. The second-order valence-corrected chi connectivity index (χ2v) is 8.25. The van der Waals surface area contributed by atoms with E-state index >= 15 is 0 Å². The summed E-state index contributed by atoms with van der Waals surface area (Å²) in [5.74, 6) is 0.568. The van der Waals surface area contributed by atoms with E-state index in [-0.39, 0.29) is 5.75 Å². The molecule has 0 saturated heterocycles. The Bertz CT molecular complexity index is 1170. The second-order valence-electron chi connectivity index (χ2n) is 8.25. The number of halogens is 5. The molecule has 1 aliphatic heterocycles. The molecule has 2 atom stereocenters. The van der Waals surface area contributed by atoms with Crippen molar-refractivity contribution in [1.82, 2.24) is 0 Å². The predicted octanol–water partition coefficient (Wildman–Crippen LogP) is 6.38. The molecule has 9 heteroatoms. The molecule has 0 aromatic heterocycles. The number of alkyl halides is 5. The molecule has 3 aromatic carbocycles. The fourth-order valence-corrected chi connectivity index (χ4v) is 4.53. The highest BCUT2D eigenvalue weighted by Gasteiger charge is 2.41. The Morgan fingerprint density at radius 3 is 2.43 bits per heavy atom. The molecule has 3 aromatic rings. The van der Waals surface area contributed by atoms with Crippen LogP contribution in [0.25, 0.3) is 11.1 Å².